The summed E-state index contributed by atoms with van der Waals surface area (Å²) in [6.45, 7) is 5.57. The van der Waals surface area contributed by atoms with Gasteiger partial charge in [0.1, 0.15) is 0 Å². The lowest BCUT2D eigenvalue weighted by atomic mass is 10.0. The first-order valence-corrected chi connectivity index (χ1v) is 11.2. The summed E-state index contributed by atoms with van der Waals surface area (Å²) in [6.07, 6.45) is 26.1. The molecule has 0 spiro atoms. The van der Waals surface area contributed by atoms with Crippen molar-refractivity contribution in [3.8, 4) is 0 Å². The number of alkyl halides is 1. The van der Waals surface area contributed by atoms with E-state index in [4.69, 9.17) is 0 Å². The van der Waals surface area contributed by atoms with Gasteiger partial charge in [0.05, 0.1) is 6.17 Å². The number of halogens is 1. The van der Waals surface area contributed by atoms with Crippen LogP contribution in [0.15, 0.2) is 0 Å². The highest BCUT2D eigenvalue weighted by atomic mass is 19.1. The van der Waals surface area contributed by atoms with Crippen LogP contribution in [0.4, 0.5) is 4.39 Å². The zero-order valence-electron chi connectivity index (χ0n) is 16.8. The van der Waals surface area contributed by atoms with Crippen LogP contribution in [-0.2, 0) is 0 Å². The van der Waals surface area contributed by atoms with Gasteiger partial charge in [-0.1, -0.05) is 129 Å². The van der Waals surface area contributed by atoms with E-state index in [-0.39, 0.29) is 0 Å². The van der Waals surface area contributed by atoms with Gasteiger partial charge in [0.25, 0.3) is 0 Å². The van der Waals surface area contributed by atoms with E-state index >= 15 is 0 Å². The molecule has 0 fully saturated rings. The second-order valence-corrected chi connectivity index (χ2v) is 7.79. The van der Waals surface area contributed by atoms with Crippen LogP contribution in [0.3, 0.4) is 0 Å². The maximum Gasteiger partial charge on any atom is 0.0973 e. The van der Waals surface area contributed by atoms with Crippen LogP contribution >= 0.6 is 0 Å². The van der Waals surface area contributed by atoms with E-state index in [2.05, 4.69) is 6.92 Å². The van der Waals surface area contributed by atoms with Gasteiger partial charge in [-0.05, 0) is 13.3 Å². The number of hydrogen-bond donors (Lipinski definition) is 0. The molecule has 0 nitrogen and oxygen atoms in total. The average molecular weight is 342 g/mol. The molecule has 0 aliphatic heterocycles. The largest absolute Gasteiger partial charge is 0.248 e. The molecule has 0 heterocycles. The van der Waals surface area contributed by atoms with Gasteiger partial charge in [-0.3, -0.25) is 0 Å². The summed E-state index contributed by atoms with van der Waals surface area (Å²) in [5.41, 5.74) is 0. The predicted molar refractivity (Wildman–Crippen MR) is 108 cm³/mol. The minimum absolute atomic E-state index is 0.603. The Bertz CT molecular complexity index is 212. The van der Waals surface area contributed by atoms with Gasteiger partial charge in [-0.15, -0.1) is 0 Å². The molecule has 0 aromatic carbocycles. The standard InChI is InChI=1S/C23H46F/c1-3-4-5-6-7-8-9-10-11-12-13-14-15-16-17-18-19-20-21-22-23(2)24/h23H,1,3-22H2,2H3. The van der Waals surface area contributed by atoms with Crippen LogP contribution in [0.2, 0.25) is 0 Å². The first-order valence-electron chi connectivity index (χ1n) is 11.2. The molecule has 0 aliphatic carbocycles. The zero-order chi connectivity index (χ0) is 17.7. The van der Waals surface area contributed by atoms with Gasteiger partial charge in [0.15, 0.2) is 0 Å². The molecule has 0 N–H and O–H groups in total. The first kappa shape index (κ1) is 23.9. The van der Waals surface area contributed by atoms with E-state index in [0.29, 0.717) is 0 Å². The minimum atomic E-state index is -0.603. The quantitative estimate of drug-likeness (QED) is 0.194. The van der Waals surface area contributed by atoms with Crippen LogP contribution in [0.1, 0.15) is 135 Å². The summed E-state index contributed by atoms with van der Waals surface area (Å²) in [4.78, 5) is 0. The Morgan fingerprint density at radius 3 is 1.00 bits per heavy atom. The number of hydrogen-bond acceptors (Lipinski definition) is 0. The highest BCUT2D eigenvalue weighted by molar-refractivity contribution is 4.52. The van der Waals surface area contributed by atoms with Crippen LogP contribution in [-0.4, -0.2) is 6.17 Å². The van der Waals surface area contributed by atoms with Crippen LogP contribution in [0.5, 0.6) is 0 Å². The Labute approximate surface area is 153 Å². The van der Waals surface area contributed by atoms with Crippen molar-refractivity contribution in [2.75, 3.05) is 0 Å². The molecule has 0 aliphatic rings. The second kappa shape index (κ2) is 21.0. The van der Waals surface area contributed by atoms with Gasteiger partial charge in [0, 0.05) is 0 Å². The monoisotopic (exact) mass is 341 g/mol. The van der Waals surface area contributed by atoms with Crippen LogP contribution in [0, 0.1) is 6.92 Å². The molecule has 0 saturated carbocycles. The van der Waals surface area contributed by atoms with E-state index in [0.717, 1.165) is 19.3 Å². The molecule has 0 saturated heterocycles. The van der Waals surface area contributed by atoms with Crippen molar-refractivity contribution in [3.63, 3.8) is 0 Å². The van der Waals surface area contributed by atoms with Crippen LogP contribution in [0.25, 0.3) is 0 Å². The summed E-state index contributed by atoms with van der Waals surface area (Å²) in [6, 6.07) is 0. The predicted octanol–water partition coefficient (Wildman–Crippen LogP) is 8.98. The van der Waals surface area contributed by atoms with E-state index in [9.17, 15) is 4.39 Å². The van der Waals surface area contributed by atoms with Crippen molar-refractivity contribution >= 4 is 0 Å². The fourth-order valence-electron chi connectivity index (χ4n) is 3.43. The summed E-state index contributed by atoms with van der Waals surface area (Å²) in [5, 5.41) is 0. The highest BCUT2D eigenvalue weighted by Gasteiger charge is 1.98. The molecular formula is C23H46F. The van der Waals surface area contributed by atoms with Crippen molar-refractivity contribution in [2.45, 2.75) is 142 Å². The van der Waals surface area contributed by atoms with Crippen molar-refractivity contribution in [3.05, 3.63) is 6.92 Å². The molecule has 145 valence electrons. The molecule has 1 atom stereocenters. The topological polar surface area (TPSA) is 0 Å². The third-order valence-corrected chi connectivity index (χ3v) is 5.10. The fourth-order valence-corrected chi connectivity index (χ4v) is 3.43. The van der Waals surface area contributed by atoms with E-state index in [1.807, 2.05) is 0 Å². The number of unbranched alkanes of at least 4 members (excludes halogenated alkanes) is 18. The average Bonchev–Trinajstić information content (AvgIpc) is 2.56. The van der Waals surface area contributed by atoms with E-state index < -0.39 is 6.17 Å². The molecule has 0 amide bonds. The molecule has 24 heavy (non-hydrogen) atoms. The Balaban J connectivity index is 2.95. The zero-order valence-corrected chi connectivity index (χ0v) is 16.8. The molecule has 1 heteroatoms. The summed E-state index contributed by atoms with van der Waals surface area (Å²) >= 11 is 0. The highest BCUT2D eigenvalue weighted by Crippen LogP contribution is 2.15. The van der Waals surface area contributed by atoms with Gasteiger partial charge >= 0.3 is 0 Å². The van der Waals surface area contributed by atoms with Crippen molar-refractivity contribution < 1.29 is 4.39 Å². The molecular weight excluding hydrogens is 295 g/mol. The maximum atomic E-state index is 12.6. The minimum Gasteiger partial charge on any atom is -0.248 e. The maximum absolute atomic E-state index is 12.6. The molecule has 1 radical (unpaired) electrons. The third kappa shape index (κ3) is 21.9. The smallest absolute Gasteiger partial charge is 0.0973 e. The van der Waals surface area contributed by atoms with Gasteiger partial charge in [-0.2, -0.15) is 0 Å². The lowest BCUT2D eigenvalue weighted by Gasteiger charge is -2.04. The molecule has 0 rings (SSSR count). The molecule has 0 aromatic rings. The Kier molecular flexibility index (Phi) is 20.9. The SMILES string of the molecule is [CH2]CCCCCCCCCCCCCCCCCCCCC(C)F. The normalized spacial score (nSPS) is 12.6. The van der Waals surface area contributed by atoms with Crippen molar-refractivity contribution in [1.82, 2.24) is 0 Å². The summed E-state index contributed by atoms with van der Waals surface area (Å²) in [5.74, 6) is 0. The molecule has 1 unspecified atom stereocenters. The summed E-state index contributed by atoms with van der Waals surface area (Å²) < 4.78 is 12.6. The molecule has 0 aromatic heterocycles. The Hall–Kier alpha value is -0.0700. The second-order valence-electron chi connectivity index (χ2n) is 7.79. The lowest BCUT2D eigenvalue weighted by Crippen LogP contribution is -1.91. The van der Waals surface area contributed by atoms with Crippen LogP contribution < -0.4 is 0 Å². The Morgan fingerprint density at radius 2 is 0.750 bits per heavy atom. The number of rotatable bonds is 20. The van der Waals surface area contributed by atoms with Crippen molar-refractivity contribution in [1.29, 1.82) is 0 Å². The summed E-state index contributed by atoms with van der Waals surface area (Å²) in [7, 11) is 0. The fraction of sp³-hybridized carbons (Fsp3) is 0.957. The van der Waals surface area contributed by atoms with Gasteiger partial charge in [-0.25, -0.2) is 4.39 Å². The van der Waals surface area contributed by atoms with E-state index in [1.54, 1.807) is 6.92 Å². The first-order chi connectivity index (χ1) is 11.8. The van der Waals surface area contributed by atoms with Gasteiger partial charge in [0.2, 0.25) is 0 Å². The third-order valence-electron chi connectivity index (χ3n) is 5.10. The van der Waals surface area contributed by atoms with Crippen molar-refractivity contribution in [2.24, 2.45) is 0 Å². The molecule has 0 bridgehead atoms. The van der Waals surface area contributed by atoms with E-state index in [1.165, 1.54) is 109 Å². The van der Waals surface area contributed by atoms with Gasteiger partial charge < -0.3 is 0 Å². The lowest BCUT2D eigenvalue weighted by molar-refractivity contribution is 0.329. The Morgan fingerprint density at radius 1 is 0.500 bits per heavy atom.